The molecule has 24 heavy (non-hydrogen) atoms. The molecule has 0 amide bonds. The van der Waals surface area contributed by atoms with Crippen LogP contribution in [-0.4, -0.2) is 26.2 Å². The molecule has 1 aliphatic heterocycles. The summed E-state index contributed by atoms with van der Waals surface area (Å²) in [5.41, 5.74) is 0.136. The minimum Gasteiger partial charge on any atom is -0.487 e. The Morgan fingerprint density at radius 3 is 2.88 bits per heavy atom. The van der Waals surface area contributed by atoms with E-state index in [4.69, 9.17) is 17.0 Å². The summed E-state index contributed by atoms with van der Waals surface area (Å²) < 4.78 is 21.8. The average Bonchev–Trinajstić information content (AvgIpc) is 2.89. The van der Waals surface area contributed by atoms with Crippen LogP contribution in [0.1, 0.15) is 49.3 Å². The van der Waals surface area contributed by atoms with Crippen LogP contribution in [0.15, 0.2) is 24.4 Å². The zero-order chi connectivity index (χ0) is 17.6. The minimum atomic E-state index is -1.09. The van der Waals surface area contributed by atoms with Gasteiger partial charge in [-0.15, -0.1) is 0 Å². The molecule has 2 N–H and O–H groups in total. The molecule has 2 aromatic rings. The summed E-state index contributed by atoms with van der Waals surface area (Å²) in [5.74, 6) is -0.740. The van der Waals surface area contributed by atoms with Crippen molar-refractivity contribution >= 4 is 18.2 Å². The maximum atomic E-state index is 13.8. The van der Waals surface area contributed by atoms with Gasteiger partial charge >= 0.3 is 5.97 Å². The van der Waals surface area contributed by atoms with Crippen LogP contribution in [0.25, 0.3) is 0 Å². The Balaban J connectivity index is 2.23. The molecule has 1 aromatic carbocycles. The highest BCUT2D eigenvalue weighted by atomic mass is 32.1. The molecule has 1 aliphatic rings. The molecule has 0 fully saturated rings. The second-order valence-corrected chi connectivity index (χ2v) is 7.01. The van der Waals surface area contributed by atoms with E-state index in [1.165, 1.54) is 18.3 Å². The minimum absolute atomic E-state index is 0.0493. The van der Waals surface area contributed by atoms with Crippen molar-refractivity contribution in [3.8, 4) is 5.75 Å². The monoisotopic (exact) mass is 350 g/mol. The third-order valence-corrected chi connectivity index (χ3v) is 5.15. The first-order chi connectivity index (χ1) is 11.2. The number of carboxylic acid groups (broad SMARTS) is 1. The number of hydrogen-bond donors (Lipinski definition) is 2. The SMILES string of the molecule is CC(C)C1(C)CC(n2c(C(=O)O)c[nH]c2=S)c2cc(F)ccc2O1. The molecule has 0 saturated heterocycles. The van der Waals surface area contributed by atoms with Crippen LogP contribution in [-0.2, 0) is 0 Å². The maximum absolute atomic E-state index is 13.8. The van der Waals surface area contributed by atoms with Crippen LogP contribution >= 0.6 is 12.2 Å². The summed E-state index contributed by atoms with van der Waals surface area (Å²) >= 11 is 5.29. The topological polar surface area (TPSA) is 67.2 Å². The first kappa shape index (κ1) is 16.7. The fourth-order valence-electron chi connectivity index (χ4n) is 3.10. The Hall–Kier alpha value is -2.15. The summed E-state index contributed by atoms with van der Waals surface area (Å²) in [7, 11) is 0. The van der Waals surface area contributed by atoms with E-state index >= 15 is 0 Å². The molecule has 1 aromatic heterocycles. The van der Waals surface area contributed by atoms with Gasteiger partial charge in [0.05, 0.1) is 6.04 Å². The second kappa shape index (κ2) is 5.73. The van der Waals surface area contributed by atoms with Gasteiger partial charge in [0.1, 0.15) is 22.9 Å². The number of halogens is 1. The van der Waals surface area contributed by atoms with Crippen LogP contribution in [0.2, 0.25) is 0 Å². The molecule has 3 rings (SSSR count). The van der Waals surface area contributed by atoms with Crippen molar-refractivity contribution in [2.24, 2.45) is 5.92 Å². The Kier molecular flexibility index (Phi) is 3.99. The quantitative estimate of drug-likeness (QED) is 0.816. The fourth-order valence-corrected chi connectivity index (χ4v) is 3.38. The molecule has 0 aliphatic carbocycles. The predicted molar refractivity (Wildman–Crippen MR) is 89.6 cm³/mol. The number of carbonyl (C=O) groups is 1. The van der Waals surface area contributed by atoms with Crippen molar-refractivity contribution < 1.29 is 19.0 Å². The normalized spacial score (nSPS) is 23.0. The summed E-state index contributed by atoms with van der Waals surface area (Å²) in [6, 6.07) is 3.91. The van der Waals surface area contributed by atoms with Gasteiger partial charge in [0.15, 0.2) is 4.77 Å². The maximum Gasteiger partial charge on any atom is 0.354 e. The fraction of sp³-hybridized carbons (Fsp3) is 0.412. The van der Waals surface area contributed by atoms with Crippen LogP contribution in [0.5, 0.6) is 5.75 Å². The van der Waals surface area contributed by atoms with Gasteiger partial charge in [-0.1, -0.05) is 13.8 Å². The van der Waals surface area contributed by atoms with Gasteiger partial charge in [0, 0.05) is 18.2 Å². The van der Waals surface area contributed by atoms with E-state index in [1.807, 2.05) is 20.8 Å². The number of H-pyrrole nitrogens is 1. The molecular weight excluding hydrogens is 331 g/mol. The number of carboxylic acids is 1. The Morgan fingerprint density at radius 2 is 2.25 bits per heavy atom. The second-order valence-electron chi connectivity index (χ2n) is 6.63. The van der Waals surface area contributed by atoms with Crippen molar-refractivity contribution in [3.63, 3.8) is 0 Å². The molecule has 0 spiro atoms. The number of aromatic carboxylic acids is 1. The molecule has 2 atom stereocenters. The standard InChI is InChI=1S/C17H19FN2O3S/c1-9(2)17(3)7-12(11-6-10(18)4-5-14(11)23-17)20-13(15(21)22)8-19-16(20)24/h4-6,8-9,12H,7H2,1-3H3,(H,19,24)(H,21,22). The summed E-state index contributed by atoms with van der Waals surface area (Å²) in [6.07, 6.45) is 1.86. The van der Waals surface area contributed by atoms with Crippen molar-refractivity contribution in [3.05, 3.63) is 46.2 Å². The van der Waals surface area contributed by atoms with Crippen LogP contribution in [0.3, 0.4) is 0 Å². The number of fused-ring (bicyclic) bond motifs is 1. The lowest BCUT2D eigenvalue weighted by atomic mass is 9.81. The van der Waals surface area contributed by atoms with Crippen molar-refractivity contribution in [1.82, 2.24) is 9.55 Å². The van der Waals surface area contributed by atoms with Crippen LogP contribution in [0, 0.1) is 16.5 Å². The lowest BCUT2D eigenvalue weighted by Gasteiger charge is -2.43. The van der Waals surface area contributed by atoms with Gasteiger partial charge in [0.25, 0.3) is 0 Å². The molecule has 5 nitrogen and oxygen atoms in total. The smallest absolute Gasteiger partial charge is 0.354 e. The number of imidazole rings is 1. The van der Waals surface area contributed by atoms with Crippen molar-refractivity contribution in [2.45, 2.75) is 38.8 Å². The van der Waals surface area contributed by atoms with Crippen LogP contribution < -0.4 is 4.74 Å². The summed E-state index contributed by atoms with van der Waals surface area (Å²) in [6.45, 7) is 6.06. The molecule has 0 bridgehead atoms. The van der Waals surface area contributed by atoms with E-state index in [0.717, 1.165) is 0 Å². The third kappa shape index (κ3) is 2.62. The van der Waals surface area contributed by atoms with Gasteiger partial charge in [-0.25, -0.2) is 9.18 Å². The van der Waals surface area contributed by atoms with Gasteiger partial charge < -0.3 is 19.4 Å². The Labute approximate surface area is 144 Å². The molecule has 128 valence electrons. The number of aromatic nitrogens is 2. The van der Waals surface area contributed by atoms with E-state index in [2.05, 4.69) is 4.98 Å². The molecule has 2 unspecified atom stereocenters. The predicted octanol–water partition coefficient (Wildman–Crippen LogP) is 4.17. The van der Waals surface area contributed by atoms with E-state index in [9.17, 15) is 14.3 Å². The number of hydrogen-bond acceptors (Lipinski definition) is 3. The average molecular weight is 350 g/mol. The van der Waals surface area contributed by atoms with E-state index in [0.29, 0.717) is 22.5 Å². The van der Waals surface area contributed by atoms with Gasteiger partial charge in [-0.3, -0.25) is 0 Å². The van der Waals surface area contributed by atoms with Gasteiger partial charge in [-0.2, -0.15) is 0 Å². The number of nitrogens with zero attached hydrogens (tertiary/aromatic N) is 1. The van der Waals surface area contributed by atoms with E-state index in [-0.39, 0.29) is 11.6 Å². The lowest BCUT2D eigenvalue weighted by molar-refractivity contribution is 0.00557. The number of nitrogens with one attached hydrogen (secondary N) is 1. The number of rotatable bonds is 3. The zero-order valence-corrected chi connectivity index (χ0v) is 14.5. The highest BCUT2D eigenvalue weighted by molar-refractivity contribution is 7.71. The number of ether oxygens (including phenoxy) is 1. The summed E-state index contributed by atoms with van der Waals surface area (Å²) in [4.78, 5) is 14.3. The zero-order valence-electron chi connectivity index (χ0n) is 13.7. The highest BCUT2D eigenvalue weighted by Gasteiger charge is 2.41. The van der Waals surface area contributed by atoms with Crippen molar-refractivity contribution in [1.29, 1.82) is 0 Å². The van der Waals surface area contributed by atoms with Gasteiger partial charge in [0.2, 0.25) is 0 Å². The largest absolute Gasteiger partial charge is 0.487 e. The van der Waals surface area contributed by atoms with E-state index < -0.39 is 23.4 Å². The van der Waals surface area contributed by atoms with Crippen LogP contribution in [0.4, 0.5) is 4.39 Å². The number of benzene rings is 1. The molecule has 0 saturated carbocycles. The Morgan fingerprint density at radius 1 is 1.54 bits per heavy atom. The summed E-state index contributed by atoms with van der Waals surface area (Å²) in [5, 5.41) is 9.46. The first-order valence-corrected chi connectivity index (χ1v) is 8.15. The molecule has 0 radical (unpaired) electrons. The lowest BCUT2D eigenvalue weighted by Crippen LogP contribution is -2.44. The third-order valence-electron chi connectivity index (χ3n) is 4.84. The Bertz CT molecular complexity index is 858. The van der Waals surface area contributed by atoms with Gasteiger partial charge in [-0.05, 0) is 43.3 Å². The molecule has 7 heteroatoms. The number of aromatic amines is 1. The molecule has 2 heterocycles. The first-order valence-electron chi connectivity index (χ1n) is 7.74. The molecular formula is C17H19FN2O3S. The van der Waals surface area contributed by atoms with Crippen molar-refractivity contribution in [2.75, 3.05) is 0 Å². The highest BCUT2D eigenvalue weighted by Crippen LogP contribution is 2.45. The van der Waals surface area contributed by atoms with E-state index in [1.54, 1.807) is 10.6 Å².